The van der Waals surface area contributed by atoms with Gasteiger partial charge in [-0.25, -0.2) is 9.97 Å². The van der Waals surface area contributed by atoms with Crippen LogP contribution in [0.3, 0.4) is 0 Å². The number of aromatic nitrogens is 2. The molecule has 0 saturated heterocycles. The van der Waals surface area contributed by atoms with Gasteiger partial charge in [0.25, 0.3) is 0 Å². The lowest BCUT2D eigenvalue weighted by molar-refractivity contribution is 0.395. The van der Waals surface area contributed by atoms with Crippen LogP contribution in [0.1, 0.15) is 16.6 Å². The molecule has 2 rings (SSSR count). The van der Waals surface area contributed by atoms with Gasteiger partial charge in [0.2, 0.25) is 5.88 Å². The number of nitrogens with one attached hydrogen (secondary N) is 1. The Bertz CT molecular complexity index is 542. The Labute approximate surface area is 132 Å². The van der Waals surface area contributed by atoms with Crippen molar-refractivity contribution in [3.05, 3.63) is 37.3 Å². The summed E-state index contributed by atoms with van der Waals surface area (Å²) in [7, 11) is 3.56. The highest BCUT2D eigenvalue weighted by molar-refractivity contribution is 9.13. The molecule has 0 bridgehead atoms. The van der Waals surface area contributed by atoms with Crippen LogP contribution in [0.25, 0.3) is 0 Å². The minimum absolute atomic E-state index is 0.215. The average Bonchev–Trinajstić information content (AvgIpc) is 2.76. The third-order valence-electron chi connectivity index (χ3n) is 2.68. The summed E-state index contributed by atoms with van der Waals surface area (Å²) in [5, 5.41) is 3.31. The van der Waals surface area contributed by atoms with Gasteiger partial charge in [0.1, 0.15) is 6.33 Å². The van der Waals surface area contributed by atoms with Crippen LogP contribution in [-0.4, -0.2) is 24.1 Å². The molecule has 2 aromatic heterocycles. The van der Waals surface area contributed by atoms with Crippen molar-refractivity contribution in [1.29, 1.82) is 0 Å². The van der Waals surface area contributed by atoms with Crippen molar-refractivity contribution in [3.8, 4) is 5.88 Å². The maximum atomic E-state index is 5.12. The van der Waals surface area contributed by atoms with Crippen LogP contribution in [0.2, 0.25) is 0 Å². The summed E-state index contributed by atoms with van der Waals surface area (Å²) in [6, 6.07) is 4.20. The molecule has 0 aliphatic carbocycles. The minimum atomic E-state index is 0.215. The Morgan fingerprint density at radius 3 is 2.74 bits per heavy atom. The summed E-state index contributed by atoms with van der Waals surface area (Å²) in [6.45, 7) is 0. The highest BCUT2D eigenvalue weighted by atomic mass is 79.9. The van der Waals surface area contributed by atoms with Crippen molar-refractivity contribution in [1.82, 2.24) is 15.3 Å². The van der Waals surface area contributed by atoms with Crippen LogP contribution in [0.5, 0.6) is 5.88 Å². The Morgan fingerprint density at radius 2 is 2.16 bits per heavy atom. The second-order valence-electron chi connectivity index (χ2n) is 3.87. The van der Waals surface area contributed by atoms with Crippen molar-refractivity contribution in [2.45, 2.75) is 12.5 Å². The summed E-state index contributed by atoms with van der Waals surface area (Å²) >= 11 is 8.74. The molecular formula is C12H13Br2N3OS. The van der Waals surface area contributed by atoms with Gasteiger partial charge in [0.05, 0.1) is 10.9 Å². The number of halogens is 2. The molecule has 0 aromatic carbocycles. The van der Waals surface area contributed by atoms with Gasteiger partial charge in [0, 0.05) is 33.6 Å². The standard InChI is InChI=1S/C12H13Br2N3OS/c1-15-9(10-5-8(13)12(14)19-10)3-7-4-11(18-2)17-6-16-7/h4-6,9,15H,3H2,1-2H3. The number of hydrogen-bond donors (Lipinski definition) is 1. The highest BCUT2D eigenvalue weighted by Gasteiger charge is 2.16. The fourth-order valence-electron chi connectivity index (χ4n) is 1.69. The first-order valence-corrected chi connectivity index (χ1v) is 8.01. The predicted octanol–water partition coefficient (Wildman–Crippen LogP) is 3.57. The van der Waals surface area contributed by atoms with Gasteiger partial charge in [-0.05, 0) is 45.0 Å². The molecule has 1 atom stereocenters. The molecular weight excluding hydrogens is 394 g/mol. The smallest absolute Gasteiger partial charge is 0.216 e. The van der Waals surface area contributed by atoms with E-state index in [-0.39, 0.29) is 6.04 Å². The number of hydrogen-bond acceptors (Lipinski definition) is 5. The second-order valence-corrected chi connectivity index (χ2v) is 7.12. The van der Waals surface area contributed by atoms with Crippen LogP contribution >= 0.6 is 43.2 Å². The van der Waals surface area contributed by atoms with Crippen molar-refractivity contribution < 1.29 is 4.74 Å². The molecule has 0 saturated carbocycles. The molecule has 2 aromatic rings. The Kier molecular flexibility index (Phi) is 5.32. The monoisotopic (exact) mass is 405 g/mol. The quantitative estimate of drug-likeness (QED) is 0.824. The molecule has 0 amide bonds. The Balaban J connectivity index is 2.18. The first kappa shape index (κ1) is 14.9. The second kappa shape index (κ2) is 6.78. The van der Waals surface area contributed by atoms with Crippen molar-refractivity contribution in [2.75, 3.05) is 14.2 Å². The summed E-state index contributed by atoms with van der Waals surface area (Å²) < 4.78 is 7.29. The number of methoxy groups -OCH3 is 1. The Hall–Kier alpha value is -0.500. The summed E-state index contributed by atoms with van der Waals surface area (Å²) in [5.74, 6) is 0.591. The van der Waals surface area contributed by atoms with E-state index >= 15 is 0 Å². The van der Waals surface area contributed by atoms with Gasteiger partial charge in [-0.3, -0.25) is 0 Å². The van der Waals surface area contributed by atoms with Crippen molar-refractivity contribution >= 4 is 43.2 Å². The van der Waals surface area contributed by atoms with Crippen molar-refractivity contribution in [3.63, 3.8) is 0 Å². The Morgan fingerprint density at radius 1 is 1.37 bits per heavy atom. The largest absolute Gasteiger partial charge is 0.481 e. The van der Waals surface area contributed by atoms with E-state index in [9.17, 15) is 0 Å². The third-order valence-corrected chi connectivity index (χ3v) is 6.05. The molecule has 7 heteroatoms. The lowest BCUT2D eigenvalue weighted by Gasteiger charge is -2.14. The first-order chi connectivity index (χ1) is 9.13. The van der Waals surface area contributed by atoms with E-state index in [2.05, 4.69) is 53.2 Å². The van der Waals surface area contributed by atoms with E-state index in [0.717, 1.165) is 20.4 Å². The maximum absolute atomic E-state index is 5.12. The number of ether oxygens (including phenoxy) is 1. The molecule has 0 radical (unpaired) electrons. The fourth-order valence-corrected chi connectivity index (χ4v) is 3.89. The number of rotatable bonds is 5. The molecule has 102 valence electrons. The lowest BCUT2D eigenvalue weighted by Crippen LogP contribution is -2.18. The van der Waals surface area contributed by atoms with Gasteiger partial charge in [-0.1, -0.05) is 0 Å². The maximum Gasteiger partial charge on any atom is 0.216 e. The van der Waals surface area contributed by atoms with Crippen LogP contribution in [0.4, 0.5) is 0 Å². The van der Waals surface area contributed by atoms with E-state index in [4.69, 9.17) is 4.74 Å². The number of nitrogens with zero attached hydrogens (tertiary/aromatic N) is 2. The predicted molar refractivity (Wildman–Crippen MR) is 83.8 cm³/mol. The molecule has 4 nitrogen and oxygen atoms in total. The average molecular weight is 407 g/mol. The first-order valence-electron chi connectivity index (χ1n) is 5.61. The highest BCUT2D eigenvalue weighted by Crippen LogP contribution is 2.36. The van der Waals surface area contributed by atoms with Crippen LogP contribution in [0, 0.1) is 0 Å². The van der Waals surface area contributed by atoms with Crippen LogP contribution < -0.4 is 10.1 Å². The van der Waals surface area contributed by atoms with Gasteiger partial charge < -0.3 is 10.1 Å². The van der Waals surface area contributed by atoms with Gasteiger partial charge >= 0.3 is 0 Å². The molecule has 0 aliphatic rings. The van der Waals surface area contributed by atoms with Gasteiger partial charge in [-0.2, -0.15) is 0 Å². The van der Waals surface area contributed by atoms with Crippen LogP contribution in [0.15, 0.2) is 26.7 Å². The zero-order valence-corrected chi connectivity index (χ0v) is 14.5. The molecule has 0 spiro atoms. The molecule has 1 N–H and O–H groups in total. The van der Waals surface area contributed by atoms with E-state index in [1.165, 1.54) is 11.2 Å². The van der Waals surface area contributed by atoms with Gasteiger partial charge in [-0.15, -0.1) is 11.3 Å². The zero-order chi connectivity index (χ0) is 13.8. The topological polar surface area (TPSA) is 47.0 Å². The summed E-state index contributed by atoms with van der Waals surface area (Å²) in [6.07, 6.45) is 2.32. The van der Waals surface area contributed by atoms with E-state index in [1.807, 2.05) is 13.1 Å². The van der Waals surface area contributed by atoms with Gasteiger partial charge in [0.15, 0.2) is 0 Å². The van der Waals surface area contributed by atoms with E-state index < -0.39 is 0 Å². The molecule has 0 fully saturated rings. The molecule has 2 heterocycles. The van der Waals surface area contributed by atoms with E-state index in [0.29, 0.717) is 5.88 Å². The van der Waals surface area contributed by atoms with E-state index in [1.54, 1.807) is 18.4 Å². The van der Waals surface area contributed by atoms with Crippen LogP contribution in [-0.2, 0) is 6.42 Å². The SMILES string of the molecule is CNC(Cc1cc(OC)ncn1)c1cc(Br)c(Br)s1. The fraction of sp³-hybridized carbons (Fsp3) is 0.333. The lowest BCUT2D eigenvalue weighted by atomic mass is 10.1. The van der Waals surface area contributed by atoms with Crippen molar-refractivity contribution in [2.24, 2.45) is 0 Å². The summed E-state index contributed by atoms with van der Waals surface area (Å²) in [5.41, 5.74) is 0.951. The summed E-state index contributed by atoms with van der Waals surface area (Å²) in [4.78, 5) is 9.54. The molecule has 19 heavy (non-hydrogen) atoms. The molecule has 1 unspecified atom stereocenters. The minimum Gasteiger partial charge on any atom is -0.481 e. The normalized spacial score (nSPS) is 12.4. The number of thiophene rings is 1. The third kappa shape index (κ3) is 3.75. The molecule has 0 aliphatic heterocycles. The zero-order valence-electron chi connectivity index (χ0n) is 10.5. The number of likely N-dealkylation sites (N-methyl/N-ethyl adjacent to an activating group) is 1.